The van der Waals surface area contributed by atoms with Gasteiger partial charge in [-0.05, 0) is 36.8 Å². The molecule has 2 rings (SSSR count). The molecule has 0 saturated carbocycles. The molecule has 0 bridgehead atoms. The van der Waals surface area contributed by atoms with Gasteiger partial charge in [-0.2, -0.15) is 5.26 Å². The average molecular weight is 259 g/mol. The lowest BCUT2D eigenvalue weighted by Gasteiger charge is -2.10. The molecule has 19 heavy (non-hydrogen) atoms. The average Bonchev–Trinajstić information content (AvgIpc) is 2.39. The molecule has 0 spiro atoms. The van der Waals surface area contributed by atoms with Crippen molar-refractivity contribution in [2.75, 3.05) is 0 Å². The predicted molar refractivity (Wildman–Crippen MR) is 66.6 cm³/mol. The van der Waals surface area contributed by atoms with E-state index in [1.54, 1.807) is 18.2 Å². The minimum Gasteiger partial charge on any atom is -0.488 e. The van der Waals surface area contributed by atoms with Crippen molar-refractivity contribution in [2.45, 2.75) is 13.5 Å². The molecule has 0 amide bonds. The van der Waals surface area contributed by atoms with E-state index in [-0.39, 0.29) is 12.2 Å². The van der Waals surface area contributed by atoms with Crippen LogP contribution in [0.1, 0.15) is 16.7 Å². The topological polar surface area (TPSA) is 33.0 Å². The Balaban J connectivity index is 2.16. The fourth-order valence-corrected chi connectivity index (χ4v) is 1.62. The molecule has 0 aliphatic rings. The number of benzene rings is 2. The number of ether oxygens (including phenoxy) is 1. The first kappa shape index (κ1) is 13.0. The largest absolute Gasteiger partial charge is 0.488 e. The van der Waals surface area contributed by atoms with Crippen LogP contribution in [0.4, 0.5) is 8.78 Å². The van der Waals surface area contributed by atoms with Crippen LogP contribution >= 0.6 is 0 Å². The van der Waals surface area contributed by atoms with Crippen LogP contribution in [0, 0.1) is 29.9 Å². The zero-order valence-electron chi connectivity index (χ0n) is 10.3. The van der Waals surface area contributed by atoms with Crippen molar-refractivity contribution in [3.05, 3.63) is 64.7 Å². The summed E-state index contributed by atoms with van der Waals surface area (Å²) in [6.07, 6.45) is 0. The number of rotatable bonds is 3. The lowest BCUT2D eigenvalue weighted by atomic mass is 10.1. The van der Waals surface area contributed by atoms with E-state index >= 15 is 0 Å². The molecule has 2 nitrogen and oxygen atoms in total. The molecule has 2 aromatic carbocycles. The van der Waals surface area contributed by atoms with Crippen LogP contribution in [-0.2, 0) is 6.61 Å². The Labute approximate surface area is 109 Å². The molecule has 0 aromatic heterocycles. The molecule has 0 N–H and O–H groups in total. The number of halogens is 2. The van der Waals surface area contributed by atoms with E-state index in [1.807, 2.05) is 13.0 Å². The van der Waals surface area contributed by atoms with Crippen LogP contribution in [0.5, 0.6) is 5.75 Å². The number of nitrogens with zero attached hydrogens (tertiary/aromatic N) is 1. The van der Waals surface area contributed by atoms with Gasteiger partial charge in [0.2, 0.25) is 0 Å². The minimum atomic E-state index is -0.644. The summed E-state index contributed by atoms with van der Waals surface area (Å²) in [4.78, 5) is 0. The molecule has 2 aromatic rings. The molecule has 0 aliphatic carbocycles. The highest BCUT2D eigenvalue weighted by Crippen LogP contribution is 2.21. The Morgan fingerprint density at radius 3 is 2.63 bits per heavy atom. The van der Waals surface area contributed by atoms with Gasteiger partial charge >= 0.3 is 0 Å². The van der Waals surface area contributed by atoms with E-state index in [4.69, 9.17) is 10.00 Å². The Kier molecular flexibility index (Phi) is 3.76. The molecular weight excluding hydrogens is 248 g/mol. The van der Waals surface area contributed by atoms with Gasteiger partial charge in [-0.1, -0.05) is 6.07 Å². The van der Waals surface area contributed by atoms with E-state index in [0.717, 1.165) is 11.6 Å². The third kappa shape index (κ3) is 3.08. The molecule has 0 fully saturated rings. The smallest absolute Gasteiger partial charge is 0.132 e. The van der Waals surface area contributed by atoms with Crippen molar-refractivity contribution in [1.82, 2.24) is 0 Å². The fraction of sp³-hybridized carbons (Fsp3) is 0.133. The zero-order valence-corrected chi connectivity index (χ0v) is 10.3. The molecule has 0 heterocycles. The summed E-state index contributed by atoms with van der Waals surface area (Å²) < 4.78 is 31.7. The van der Waals surface area contributed by atoms with E-state index in [2.05, 4.69) is 0 Å². The van der Waals surface area contributed by atoms with Gasteiger partial charge in [0.25, 0.3) is 0 Å². The SMILES string of the molecule is Cc1ccc(C#N)cc1OCc1ccc(F)cc1F. The normalized spacial score (nSPS) is 10.0. The first-order valence-corrected chi connectivity index (χ1v) is 5.67. The Hall–Kier alpha value is -2.41. The van der Waals surface area contributed by atoms with Gasteiger partial charge in [-0.25, -0.2) is 8.78 Å². The lowest BCUT2D eigenvalue weighted by Crippen LogP contribution is -2.00. The monoisotopic (exact) mass is 259 g/mol. The van der Waals surface area contributed by atoms with Crippen molar-refractivity contribution in [2.24, 2.45) is 0 Å². The summed E-state index contributed by atoms with van der Waals surface area (Å²) in [6, 6.07) is 10.4. The van der Waals surface area contributed by atoms with E-state index < -0.39 is 11.6 Å². The second-order valence-electron chi connectivity index (χ2n) is 4.12. The zero-order chi connectivity index (χ0) is 13.8. The molecule has 0 unspecified atom stereocenters. The van der Waals surface area contributed by atoms with Crippen molar-refractivity contribution >= 4 is 0 Å². The Bertz CT molecular complexity index is 647. The second kappa shape index (κ2) is 5.49. The third-order valence-corrected chi connectivity index (χ3v) is 2.72. The van der Waals surface area contributed by atoms with Gasteiger partial charge in [-0.15, -0.1) is 0 Å². The lowest BCUT2D eigenvalue weighted by molar-refractivity contribution is 0.297. The maximum Gasteiger partial charge on any atom is 0.132 e. The number of hydrogen-bond donors (Lipinski definition) is 0. The van der Waals surface area contributed by atoms with Gasteiger partial charge in [0.15, 0.2) is 0 Å². The van der Waals surface area contributed by atoms with Crippen LogP contribution in [-0.4, -0.2) is 0 Å². The minimum absolute atomic E-state index is 0.0121. The van der Waals surface area contributed by atoms with Gasteiger partial charge < -0.3 is 4.74 Å². The van der Waals surface area contributed by atoms with E-state index in [1.165, 1.54) is 12.1 Å². The van der Waals surface area contributed by atoms with Gasteiger partial charge in [0.1, 0.15) is 24.0 Å². The first-order valence-electron chi connectivity index (χ1n) is 5.67. The molecule has 0 atom stereocenters. The van der Waals surface area contributed by atoms with Gasteiger partial charge in [0.05, 0.1) is 11.6 Å². The molecule has 96 valence electrons. The quantitative estimate of drug-likeness (QED) is 0.841. The predicted octanol–water partition coefficient (Wildman–Crippen LogP) is 3.72. The summed E-state index contributed by atoms with van der Waals surface area (Å²) >= 11 is 0. The van der Waals surface area contributed by atoms with Crippen LogP contribution in [0.2, 0.25) is 0 Å². The van der Waals surface area contributed by atoms with Crippen LogP contribution < -0.4 is 4.74 Å². The van der Waals surface area contributed by atoms with Crippen molar-refractivity contribution in [3.8, 4) is 11.8 Å². The summed E-state index contributed by atoms with van der Waals surface area (Å²) in [5.41, 5.74) is 1.59. The number of nitriles is 1. The van der Waals surface area contributed by atoms with Crippen LogP contribution in [0.25, 0.3) is 0 Å². The summed E-state index contributed by atoms with van der Waals surface area (Å²) in [7, 11) is 0. The molecule has 0 saturated heterocycles. The third-order valence-electron chi connectivity index (χ3n) is 2.72. The number of hydrogen-bond acceptors (Lipinski definition) is 2. The van der Waals surface area contributed by atoms with Crippen LogP contribution in [0.3, 0.4) is 0 Å². The molecule has 4 heteroatoms. The maximum atomic E-state index is 13.4. The fourth-order valence-electron chi connectivity index (χ4n) is 1.62. The highest BCUT2D eigenvalue weighted by molar-refractivity contribution is 5.41. The van der Waals surface area contributed by atoms with Crippen molar-refractivity contribution in [1.29, 1.82) is 5.26 Å². The summed E-state index contributed by atoms with van der Waals surface area (Å²) in [6.45, 7) is 1.82. The second-order valence-corrected chi connectivity index (χ2v) is 4.12. The van der Waals surface area contributed by atoms with Crippen molar-refractivity contribution in [3.63, 3.8) is 0 Å². The standard InChI is InChI=1S/C15H11F2NO/c1-10-2-3-11(8-18)6-15(10)19-9-12-4-5-13(16)7-14(12)17/h2-7H,9H2,1H3. The molecular formula is C15H11F2NO. The summed E-state index contributed by atoms with van der Waals surface area (Å²) in [5, 5.41) is 8.81. The highest BCUT2D eigenvalue weighted by atomic mass is 19.1. The first-order chi connectivity index (χ1) is 9.10. The summed E-state index contributed by atoms with van der Waals surface area (Å²) in [5.74, 6) is -0.749. The van der Waals surface area contributed by atoms with E-state index in [0.29, 0.717) is 11.3 Å². The van der Waals surface area contributed by atoms with Crippen molar-refractivity contribution < 1.29 is 13.5 Å². The van der Waals surface area contributed by atoms with Crippen LogP contribution in [0.15, 0.2) is 36.4 Å². The Morgan fingerprint density at radius 1 is 1.16 bits per heavy atom. The van der Waals surface area contributed by atoms with Gasteiger partial charge in [-0.3, -0.25) is 0 Å². The van der Waals surface area contributed by atoms with E-state index in [9.17, 15) is 8.78 Å². The van der Waals surface area contributed by atoms with Gasteiger partial charge in [0, 0.05) is 11.6 Å². The highest BCUT2D eigenvalue weighted by Gasteiger charge is 2.06. The molecule has 0 aliphatic heterocycles. The maximum absolute atomic E-state index is 13.4. The molecule has 0 radical (unpaired) electrons. The number of aryl methyl sites for hydroxylation is 1. The Morgan fingerprint density at radius 2 is 1.95 bits per heavy atom.